The van der Waals surface area contributed by atoms with Crippen LogP contribution in [0.25, 0.3) is 11.1 Å². The molecule has 3 aromatic carbocycles. The van der Waals surface area contributed by atoms with E-state index in [1.54, 1.807) is 12.1 Å². The summed E-state index contributed by atoms with van der Waals surface area (Å²) in [6.45, 7) is 8.16. The number of carbonyl (C=O) groups is 1. The Balaban J connectivity index is 1.34. The van der Waals surface area contributed by atoms with Crippen LogP contribution in [0.15, 0.2) is 72.8 Å². The third-order valence-electron chi connectivity index (χ3n) is 8.50. The molecule has 3 aromatic rings. The maximum Gasteiger partial charge on any atom is 0.343 e. The lowest BCUT2D eigenvalue weighted by Gasteiger charge is -2.14. The van der Waals surface area contributed by atoms with Crippen LogP contribution >= 0.6 is 0 Å². The van der Waals surface area contributed by atoms with Crippen molar-refractivity contribution in [2.75, 3.05) is 13.2 Å². The summed E-state index contributed by atoms with van der Waals surface area (Å²) in [5, 5.41) is 0. The van der Waals surface area contributed by atoms with E-state index in [1.165, 1.54) is 95.5 Å². The number of hydrogen-bond donors (Lipinski definition) is 0. The third kappa shape index (κ3) is 14.7. The summed E-state index contributed by atoms with van der Waals surface area (Å²) in [4.78, 5) is 12.7. The Bertz CT molecular complexity index is 1170. The van der Waals surface area contributed by atoms with Gasteiger partial charge in [0.05, 0.1) is 18.3 Å². The molecular formula is C41H58O4. The van der Waals surface area contributed by atoms with Gasteiger partial charge in [-0.3, -0.25) is 0 Å². The van der Waals surface area contributed by atoms with Crippen LogP contribution in [-0.2, 0) is 4.74 Å². The third-order valence-corrected chi connectivity index (χ3v) is 8.50. The molecule has 0 aliphatic heterocycles. The Morgan fingerprint density at radius 1 is 0.533 bits per heavy atom. The molecule has 0 saturated carbocycles. The summed E-state index contributed by atoms with van der Waals surface area (Å²) < 4.78 is 17.6. The van der Waals surface area contributed by atoms with Crippen molar-refractivity contribution in [3.8, 4) is 22.6 Å². The molecule has 4 heteroatoms. The molecule has 0 aliphatic rings. The average Bonchev–Trinajstić information content (AvgIpc) is 3.07. The molecule has 0 heterocycles. The number of hydrogen-bond acceptors (Lipinski definition) is 4. The summed E-state index contributed by atoms with van der Waals surface area (Å²) in [6, 6.07) is 23.4. The topological polar surface area (TPSA) is 44.8 Å². The number of rotatable bonds is 24. The Kier molecular flexibility index (Phi) is 18.1. The second-order valence-electron chi connectivity index (χ2n) is 12.4. The summed E-state index contributed by atoms with van der Waals surface area (Å²) in [7, 11) is 0. The van der Waals surface area contributed by atoms with E-state index in [-0.39, 0.29) is 12.1 Å². The summed E-state index contributed by atoms with van der Waals surface area (Å²) in [6.07, 6.45) is 20.8. The molecule has 1 atom stereocenters. The predicted octanol–water partition coefficient (Wildman–Crippen LogP) is 12.3. The van der Waals surface area contributed by atoms with E-state index in [0.29, 0.717) is 17.9 Å². The molecule has 1 unspecified atom stereocenters. The van der Waals surface area contributed by atoms with E-state index in [4.69, 9.17) is 14.2 Å². The fourth-order valence-electron chi connectivity index (χ4n) is 5.53. The molecular weight excluding hydrogens is 556 g/mol. The molecule has 0 fully saturated rings. The smallest absolute Gasteiger partial charge is 0.343 e. The average molecular weight is 615 g/mol. The highest BCUT2D eigenvalue weighted by Crippen LogP contribution is 2.26. The normalized spacial score (nSPS) is 11.8. The first kappa shape index (κ1) is 36.4. The standard InChI is InChI=1S/C41H58O4/c1-4-6-8-10-12-14-16-18-32-43-34(3)35-20-22-36(23-21-35)37-24-30-40(31-25-37)45-41(42)38-26-28-39(29-27-38)44-33-19-17-15-13-11-9-7-5-2/h20-31,34H,4-19,32-33H2,1-3H3. The van der Waals surface area contributed by atoms with Crippen LogP contribution in [0.2, 0.25) is 0 Å². The summed E-state index contributed by atoms with van der Waals surface area (Å²) >= 11 is 0. The van der Waals surface area contributed by atoms with E-state index in [0.717, 1.165) is 36.3 Å². The van der Waals surface area contributed by atoms with E-state index < -0.39 is 0 Å². The van der Waals surface area contributed by atoms with Crippen LogP contribution in [0.4, 0.5) is 0 Å². The van der Waals surface area contributed by atoms with Gasteiger partial charge in [-0.05, 0) is 72.9 Å². The van der Waals surface area contributed by atoms with Gasteiger partial charge in [0.25, 0.3) is 0 Å². The van der Waals surface area contributed by atoms with Crippen LogP contribution in [0, 0.1) is 0 Å². The van der Waals surface area contributed by atoms with Crippen molar-refractivity contribution in [3.63, 3.8) is 0 Å². The van der Waals surface area contributed by atoms with Crippen LogP contribution < -0.4 is 9.47 Å². The quantitative estimate of drug-likeness (QED) is 0.0572. The first-order valence-electron chi connectivity index (χ1n) is 17.9. The molecule has 4 nitrogen and oxygen atoms in total. The van der Waals surface area contributed by atoms with Gasteiger partial charge < -0.3 is 14.2 Å². The van der Waals surface area contributed by atoms with Crippen molar-refractivity contribution in [1.82, 2.24) is 0 Å². The molecule has 246 valence electrons. The first-order chi connectivity index (χ1) is 22.1. The molecule has 0 saturated heterocycles. The van der Waals surface area contributed by atoms with Crippen molar-refractivity contribution in [1.29, 1.82) is 0 Å². The fourth-order valence-corrected chi connectivity index (χ4v) is 5.53. The zero-order chi connectivity index (χ0) is 32.0. The Hall–Kier alpha value is -3.11. The number of benzene rings is 3. The maximum absolute atomic E-state index is 12.7. The van der Waals surface area contributed by atoms with Gasteiger partial charge in [-0.25, -0.2) is 4.79 Å². The zero-order valence-electron chi connectivity index (χ0n) is 28.4. The van der Waals surface area contributed by atoms with Gasteiger partial charge in [-0.2, -0.15) is 0 Å². The summed E-state index contributed by atoms with van der Waals surface area (Å²) in [5.41, 5.74) is 3.89. The van der Waals surface area contributed by atoms with Gasteiger partial charge in [-0.15, -0.1) is 0 Å². The molecule has 0 N–H and O–H groups in total. The molecule has 0 spiro atoms. The van der Waals surface area contributed by atoms with E-state index in [1.807, 2.05) is 36.4 Å². The van der Waals surface area contributed by atoms with Crippen LogP contribution in [-0.4, -0.2) is 19.2 Å². The second kappa shape index (κ2) is 22.4. The highest BCUT2D eigenvalue weighted by atomic mass is 16.5. The fraction of sp³-hybridized carbons (Fsp3) is 0.537. The van der Waals surface area contributed by atoms with Gasteiger partial charge >= 0.3 is 5.97 Å². The lowest BCUT2D eigenvalue weighted by molar-refractivity contribution is 0.0627. The predicted molar refractivity (Wildman–Crippen MR) is 188 cm³/mol. The van der Waals surface area contributed by atoms with Gasteiger partial charge in [0, 0.05) is 6.61 Å². The molecule has 0 radical (unpaired) electrons. The van der Waals surface area contributed by atoms with E-state index in [9.17, 15) is 4.79 Å². The van der Waals surface area contributed by atoms with Crippen molar-refractivity contribution in [2.45, 2.75) is 130 Å². The molecule has 0 aliphatic carbocycles. The Morgan fingerprint density at radius 2 is 0.978 bits per heavy atom. The minimum atomic E-state index is -0.373. The Morgan fingerprint density at radius 3 is 1.51 bits per heavy atom. The second-order valence-corrected chi connectivity index (χ2v) is 12.4. The number of esters is 1. The highest BCUT2D eigenvalue weighted by molar-refractivity contribution is 5.91. The number of ether oxygens (including phenoxy) is 3. The minimum absolute atomic E-state index is 0.0842. The van der Waals surface area contributed by atoms with E-state index >= 15 is 0 Å². The number of carbonyl (C=O) groups excluding carboxylic acids is 1. The van der Waals surface area contributed by atoms with Crippen molar-refractivity contribution >= 4 is 5.97 Å². The number of unbranched alkanes of at least 4 members (excludes halogenated alkanes) is 14. The molecule has 0 amide bonds. The SMILES string of the molecule is CCCCCCCCCCOc1ccc(C(=O)Oc2ccc(-c3ccc(C(C)OCCCCCCCCCC)cc3)cc2)cc1. The molecule has 3 rings (SSSR count). The van der Waals surface area contributed by atoms with Crippen LogP contribution in [0.3, 0.4) is 0 Å². The monoisotopic (exact) mass is 614 g/mol. The van der Waals surface area contributed by atoms with Crippen LogP contribution in [0.5, 0.6) is 11.5 Å². The van der Waals surface area contributed by atoms with Crippen molar-refractivity contribution in [3.05, 3.63) is 83.9 Å². The van der Waals surface area contributed by atoms with Gasteiger partial charge in [0.1, 0.15) is 11.5 Å². The Labute approximate surface area is 273 Å². The lowest BCUT2D eigenvalue weighted by Crippen LogP contribution is -2.08. The van der Waals surface area contributed by atoms with Crippen LogP contribution in [0.1, 0.15) is 146 Å². The molecule has 0 aromatic heterocycles. The van der Waals surface area contributed by atoms with E-state index in [2.05, 4.69) is 45.0 Å². The maximum atomic E-state index is 12.7. The van der Waals surface area contributed by atoms with Gasteiger partial charge in [0.15, 0.2) is 0 Å². The minimum Gasteiger partial charge on any atom is -0.494 e. The molecule has 45 heavy (non-hydrogen) atoms. The van der Waals surface area contributed by atoms with Crippen molar-refractivity contribution < 1.29 is 19.0 Å². The summed E-state index contributed by atoms with van der Waals surface area (Å²) in [5.74, 6) is 0.940. The van der Waals surface area contributed by atoms with Gasteiger partial charge in [0.2, 0.25) is 0 Å². The zero-order valence-corrected chi connectivity index (χ0v) is 28.4. The van der Waals surface area contributed by atoms with Crippen molar-refractivity contribution in [2.24, 2.45) is 0 Å². The lowest BCUT2D eigenvalue weighted by atomic mass is 10.0. The highest BCUT2D eigenvalue weighted by Gasteiger charge is 2.10. The largest absolute Gasteiger partial charge is 0.494 e. The first-order valence-corrected chi connectivity index (χ1v) is 17.9. The molecule has 0 bridgehead atoms. The van der Waals surface area contributed by atoms with Gasteiger partial charge in [-0.1, -0.05) is 140 Å².